The van der Waals surface area contributed by atoms with E-state index in [2.05, 4.69) is 4.74 Å². The number of hydrogen-bond donors (Lipinski definition) is 0. The predicted octanol–water partition coefficient (Wildman–Crippen LogP) is 0.780. The first-order chi connectivity index (χ1) is 6.63. The zero-order chi connectivity index (χ0) is 10.6. The van der Waals surface area contributed by atoms with Crippen molar-refractivity contribution in [3.05, 3.63) is 0 Å². The Morgan fingerprint density at radius 2 is 1.86 bits per heavy atom. The highest BCUT2D eigenvalue weighted by atomic mass is 16.5. The Morgan fingerprint density at radius 3 is 2.29 bits per heavy atom. The molecular formula is C9H15NO4. The van der Waals surface area contributed by atoms with E-state index < -0.39 is 0 Å². The molecule has 1 amide bonds. The average molecular weight is 201 g/mol. The lowest BCUT2D eigenvalue weighted by molar-refractivity contribution is -0.148. The Labute approximate surface area is 83.0 Å². The molecule has 0 spiro atoms. The largest absolute Gasteiger partial charge is 0.462 e. The molecule has 1 saturated heterocycles. The first-order valence-corrected chi connectivity index (χ1v) is 4.63. The molecule has 0 unspecified atom stereocenters. The van der Waals surface area contributed by atoms with E-state index in [9.17, 15) is 9.59 Å². The molecule has 0 bridgehead atoms. The Bertz CT molecular complexity index is 221. The summed E-state index contributed by atoms with van der Waals surface area (Å²) in [5.41, 5.74) is 0. The van der Waals surface area contributed by atoms with Crippen molar-refractivity contribution in [1.82, 2.24) is 4.90 Å². The molecule has 5 nitrogen and oxygen atoms in total. The van der Waals surface area contributed by atoms with Gasteiger partial charge in [0, 0.05) is 32.9 Å². The number of piperidine rings is 1. The van der Waals surface area contributed by atoms with Gasteiger partial charge in [0.25, 0.3) is 0 Å². The lowest BCUT2D eigenvalue weighted by atomic mass is 10.1. The fraction of sp³-hybridized carbons (Fsp3) is 0.778. The number of carbonyl (C=O) groups is 2. The van der Waals surface area contributed by atoms with Gasteiger partial charge in [-0.1, -0.05) is 0 Å². The van der Waals surface area contributed by atoms with Gasteiger partial charge >= 0.3 is 12.1 Å². The molecule has 1 heterocycles. The number of carbonyl (C=O) groups excluding carboxylic acids is 2. The number of nitrogens with zero attached hydrogens (tertiary/aromatic N) is 1. The van der Waals surface area contributed by atoms with Gasteiger partial charge in [-0.05, 0) is 0 Å². The summed E-state index contributed by atoms with van der Waals surface area (Å²) >= 11 is 0. The number of methoxy groups -OCH3 is 1. The number of ether oxygens (including phenoxy) is 2. The summed E-state index contributed by atoms with van der Waals surface area (Å²) in [6.45, 7) is 2.57. The summed E-state index contributed by atoms with van der Waals surface area (Å²) in [6.07, 6.45) is 1.02. The fourth-order valence-corrected chi connectivity index (χ4v) is 1.52. The van der Waals surface area contributed by atoms with Gasteiger partial charge in [-0.2, -0.15) is 0 Å². The second-order valence-corrected chi connectivity index (χ2v) is 3.27. The molecular weight excluding hydrogens is 186 g/mol. The first-order valence-electron chi connectivity index (χ1n) is 4.63. The van der Waals surface area contributed by atoms with E-state index in [0.717, 1.165) is 0 Å². The van der Waals surface area contributed by atoms with Crippen molar-refractivity contribution in [2.24, 2.45) is 0 Å². The van der Waals surface area contributed by atoms with E-state index in [1.165, 1.54) is 14.0 Å². The zero-order valence-electron chi connectivity index (χ0n) is 8.49. The second-order valence-electron chi connectivity index (χ2n) is 3.27. The van der Waals surface area contributed by atoms with Crippen molar-refractivity contribution in [1.29, 1.82) is 0 Å². The third kappa shape index (κ3) is 2.90. The van der Waals surface area contributed by atoms with E-state index in [0.29, 0.717) is 25.9 Å². The minimum atomic E-state index is -0.314. The van der Waals surface area contributed by atoms with Crippen molar-refractivity contribution < 1.29 is 19.1 Å². The van der Waals surface area contributed by atoms with Crippen LogP contribution in [-0.2, 0) is 14.3 Å². The zero-order valence-corrected chi connectivity index (χ0v) is 8.49. The van der Waals surface area contributed by atoms with Crippen LogP contribution in [0.4, 0.5) is 4.79 Å². The maximum Gasteiger partial charge on any atom is 0.409 e. The van der Waals surface area contributed by atoms with Gasteiger partial charge < -0.3 is 14.4 Å². The number of likely N-dealkylation sites (tertiary alicyclic amines) is 1. The van der Waals surface area contributed by atoms with Crippen LogP contribution < -0.4 is 0 Å². The summed E-state index contributed by atoms with van der Waals surface area (Å²) in [4.78, 5) is 23.4. The molecule has 1 rings (SSSR count). The van der Waals surface area contributed by atoms with Gasteiger partial charge in [-0.25, -0.2) is 4.79 Å². The van der Waals surface area contributed by atoms with E-state index >= 15 is 0 Å². The van der Waals surface area contributed by atoms with Crippen LogP contribution in [-0.4, -0.2) is 43.3 Å². The minimum Gasteiger partial charge on any atom is -0.462 e. The number of rotatable bonds is 1. The number of amides is 1. The van der Waals surface area contributed by atoms with E-state index in [1.807, 2.05) is 0 Å². The third-order valence-electron chi connectivity index (χ3n) is 2.21. The third-order valence-corrected chi connectivity index (χ3v) is 2.21. The standard InChI is InChI=1S/C9H15NO4/c1-7(11)14-8-3-5-10(6-4-8)9(12)13-2/h8H,3-6H2,1-2H3. The molecule has 0 radical (unpaired) electrons. The van der Waals surface area contributed by atoms with Crippen LogP contribution in [0, 0.1) is 0 Å². The van der Waals surface area contributed by atoms with Crippen molar-refractivity contribution in [2.75, 3.05) is 20.2 Å². The number of esters is 1. The molecule has 14 heavy (non-hydrogen) atoms. The average Bonchev–Trinajstić information content (AvgIpc) is 2.17. The highest BCUT2D eigenvalue weighted by Gasteiger charge is 2.24. The first kappa shape index (κ1) is 10.8. The molecule has 0 aromatic carbocycles. The molecule has 0 aliphatic carbocycles. The Hall–Kier alpha value is -1.26. The van der Waals surface area contributed by atoms with Crippen LogP contribution in [0.3, 0.4) is 0 Å². The molecule has 1 fully saturated rings. The Morgan fingerprint density at radius 1 is 1.29 bits per heavy atom. The van der Waals surface area contributed by atoms with Crippen LogP contribution in [0.5, 0.6) is 0 Å². The summed E-state index contributed by atoms with van der Waals surface area (Å²) < 4.78 is 9.62. The topological polar surface area (TPSA) is 55.8 Å². The maximum absolute atomic E-state index is 11.1. The van der Waals surface area contributed by atoms with Crippen molar-refractivity contribution >= 4 is 12.1 Å². The lowest BCUT2D eigenvalue weighted by Gasteiger charge is -2.30. The highest BCUT2D eigenvalue weighted by molar-refractivity contribution is 5.68. The second kappa shape index (κ2) is 4.83. The van der Waals surface area contributed by atoms with Gasteiger partial charge in [-0.15, -0.1) is 0 Å². The summed E-state index contributed by atoms with van der Waals surface area (Å²) in [7, 11) is 1.36. The maximum atomic E-state index is 11.1. The van der Waals surface area contributed by atoms with Gasteiger partial charge in [0.05, 0.1) is 7.11 Å². The van der Waals surface area contributed by atoms with E-state index in [4.69, 9.17) is 4.74 Å². The molecule has 0 N–H and O–H groups in total. The van der Waals surface area contributed by atoms with E-state index in [-0.39, 0.29) is 18.2 Å². The van der Waals surface area contributed by atoms with Crippen LogP contribution in [0.15, 0.2) is 0 Å². The summed E-state index contributed by atoms with van der Waals surface area (Å²) in [5.74, 6) is -0.262. The van der Waals surface area contributed by atoms with E-state index in [1.54, 1.807) is 4.90 Å². The van der Waals surface area contributed by atoms with Gasteiger partial charge in [0.2, 0.25) is 0 Å². The lowest BCUT2D eigenvalue weighted by Crippen LogP contribution is -2.41. The Balaban J connectivity index is 2.31. The van der Waals surface area contributed by atoms with Crippen LogP contribution in [0.1, 0.15) is 19.8 Å². The molecule has 0 aromatic rings. The van der Waals surface area contributed by atoms with Crippen molar-refractivity contribution in [3.63, 3.8) is 0 Å². The molecule has 1 aliphatic rings. The molecule has 5 heteroatoms. The molecule has 80 valence electrons. The van der Waals surface area contributed by atoms with Crippen LogP contribution >= 0.6 is 0 Å². The minimum absolute atomic E-state index is 0.0478. The van der Waals surface area contributed by atoms with Gasteiger partial charge in [0.15, 0.2) is 0 Å². The summed E-state index contributed by atoms with van der Waals surface area (Å²) in [6, 6.07) is 0. The fourth-order valence-electron chi connectivity index (χ4n) is 1.52. The normalized spacial score (nSPS) is 17.7. The highest BCUT2D eigenvalue weighted by Crippen LogP contribution is 2.14. The Kier molecular flexibility index (Phi) is 3.73. The van der Waals surface area contributed by atoms with Crippen LogP contribution in [0.25, 0.3) is 0 Å². The molecule has 0 saturated carbocycles. The molecule has 0 atom stereocenters. The SMILES string of the molecule is COC(=O)N1CCC(OC(C)=O)CC1. The smallest absolute Gasteiger partial charge is 0.409 e. The van der Waals surface area contributed by atoms with Gasteiger partial charge in [-0.3, -0.25) is 4.79 Å². The predicted molar refractivity (Wildman–Crippen MR) is 48.8 cm³/mol. The van der Waals surface area contributed by atoms with Crippen LogP contribution in [0.2, 0.25) is 0 Å². The molecule has 1 aliphatic heterocycles. The monoisotopic (exact) mass is 201 g/mol. The molecule has 0 aromatic heterocycles. The summed E-state index contributed by atoms with van der Waals surface area (Å²) in [5, 5.41) is 0. The number of hydrogen-bond acceptors (Lipinski definition) is 4. The quantitative estimate of drug-likeness (QED) is 0.588. The van der Waals surface area contributed by atoms with Crippen molar-refractivity contribution in [2.45, 2.75) is 25.9 Å². The van der Waals surface area contributed by atoms with Crippen molar-refractivity contribution in [3.8, 4) is 0 Å². The van der Waals surface area contributed by atoms with Gasteiger partial charge in [0.1, 0.15) is 6.10 Å².